The van der Waals surface area contributed by atoms with Crippen molar-refractivity contribution in [2.24, 2.45) is 5.92 Å². The smallest absolute Gasteiger partial charge is 0.0558 e. The van der Waals surface area contributed by atoms with Crippen molar-refractivity contribution < 1.29 is 5.11 Å². The van der Waals surface area contributed by atoms with Gasteiger partial charge in [-0.2, -0.15) is 12.6 Å². The van der Waals surface area contributed by atoms with E-state index in [2.05, 4.69) is 24.5 Å². The predicted molar refractivity (Wildman–Crippen MR) is 52.2 cm³/mol. The zero-order chi connectivity index (χ0) is 8.69. The molecule has 0 heterocycles. The van der Waals surface area contributed by atoms with Crippen LogP contribution in [0.25, 0.3) is 0 Å². The Bertz CT molecular complexity index is 86.2. The first-order valence-electron chi connectivity index (χ1n) is 4.14. The number of thiol groups is 1. The van der Waals surface area contributed by atoms with Gasteiger partial charge in [0, 0.05) is 13.1 Å². The lowest BCUT2D eigenvalue weighted by Gasteiger charge is -2.20. The van der Waals surface area contributed by atoms with Gasteiger partial charge in [-0.05, 0) is 18.7 Å². The summed E-state index contributed by atoms with van der Waals surface area (Å²) >= 11 is 4.25. The monoisotopic (exact) mass is 177 g/mol. The molecule has 0 aliphatic heterocycles. The second kappa shape index (κ2) is 6.95. The third-order valence-corrected chi connectivity index (χ3v) is 2.40. The maximum Gasteiger partial charge on any atom is 0.0558 e. The van der Waals surface area contributed by atoms with E-state index in [1.54, 1.807) is 0 Å². The Kier molecular flexibility index (Phi) is 7.12. The molecule has 0 saturated heterocycles. The molecule has 68 valence electrons. The molecule has 0 spiro atoms. The first kappa shape index (κ1) is 11.3. The lowest BCUT2D eigenvalue weighted by molar-refractivity contribution is 0.205. The highest BCUT2D eigenvalue weighted by molar-refractivity contribution is 7.80. The van der Waals surface area contributed by atoms with Crippen molar-refractivity contribution >= 4 is 12.6 Å². The molecular weight excluding hydrogens is 158 g/mol. The Hall–Kier alpha value is 0.270. The van der Waals surface area contributed by atoms with Gasteiger partial charge in [0.25, 0.3) is 0 Å². The second-order valence-electron chi connectivity index (χ2n) is 2.94. The van der Waals surface area contributed by atoms with Gasteiger partial charge in [-0.25, -0.2) is 0 Å². The predicted octanol–water partition coefficient (Wildman–Crippen LogP) is 0.867. The largest absolute Gasteiger partial charge is 0.395 e. The van der Waals surface area contributed by atoms with Crippen LogP contribution in [0.2, 0.25) is 0 Å². The van der Waals surface area contributed by atoms with E-state index in [4.69, 9.17) is 5.11 Å². The van der Waals surface area contributed by atoms with Gasteiger partial charge < -0.3 is 10.0 Å². The van der Waals surface area contributed by atoms with Crippen molar-refractivity contribution in [3.63, 3.8) is 0 Å². The molecule has 11 heavy (non-hydrogen) atoms. The van der Waals surface area contributed by atoms with Gasteiger partial charge in [0.15, 0.2) is 0 Å². The highest BCUT2D eigenvalue weighted by Gasteiger charge is 2.06. The number of aliphatic hydroxyl groups excluding tert-OH is 1. The maximum atomic E-state index is 8.63. The number of hydrogen-bond acceptors (Lipinski definition) is 3. The molecule has 0 rings (SSSR count). The van der Waals surface area contributed by atoms with E-state index >= 15 is 0 Å². The molecule has 1 N–H and O–H groups in total. The molecule has 0 radical (unpaired) electrons. The van der Waals surface area contributed by atoms with E-state index in [9.17, 15) is 0 Å². The summed E-state index contributed by atoms with van der Waals surface area (Å²) in [5.41, 5.74) is 0. The number of aliphatic hydroxyl groups is 1. The summed E-state index contributed by atoms with van der Waals surface area (Å²) in [6, 6.07) is 0. The van der Waals surface area contributed by atoms with Crippen LogP contribution in [0.3, 0.4) is 0 Å². The van der Waals surface area contributed by atoms with Crippen molar-refractivity contribution in [3.05, 3.63) is 0 Å². The summed E-state index contributed by atoms with van der Waals surface area (Å²) in [6.45, 7) is 4.23. The first-order valence-corrected chi connectivity index (χ1v) is 4.78. The van der Waals surface area contributed by atoms with Crippen LogP contribution in [-0.4, -0.2) is 42.5 Å². The first-order chi connectivity index (χ1) is 5.24. The number of likely N-dealkylation sites (N-methyl/N-ethyl adjacent to an activating group) is 1. The normalized spacial score (nSPS) is 13.9. The fourth-order valence-electron chi connectivity index (χ4n) is 1.02. The molecule has 0 fully saturated rings. The zero-order valence-corrected chi connectivity index (χ0v) is 8.35. The minimum absolute atomic E-state index is 0.250. The molecule has 0 aliphatic rings. The van der Waals surface area contributed by atoms with Gasteiger partial charge in [-0.15, -0.1) is 0 Å². The summed E-state index contributed by atoms with van der Waals surface area (Å²) in [7, 11) is 2.03. The average Bonchev–Trinajstić information content (AvgIpc) is 2.01. The molecule has 0 aromatic carbocycles. The van der Waals surface area contributed by atoms with Crippen LogP contribution in [-0.2, 0) is 0 Å². The lowest BCUT2D eigenvalue weighted by Crippen LogP contribution is -2.28. The maximum absolute atomic E-state index is 8.63. The van der Waals surface area contributed by atoms with Crippen molar-refractivity contribution in [2.45, 2.75) is 13.3 Å². The van der Waals surface area contributed by atoms with Gasteiger partial charge in [0.05, 0.1) is 6.61 Å². The Balaban J connectivity index is 3.44. The third kappa shape index (κ3) is 5.53. The van der Waals surface area contributed by atoms with Gasteiger partial charge in [0.2, 0.25) is 0 Å². The quantitative estimate of drug-likeness (QED) is 0.588. The number of hydrogen-bond donors (Lipinski definition) is 2. The number of rotatable bonds is 6. The molecule has 0 aromatic rings. The van der Waals surface area contributed by atoms with Crippen LogP contribution in [0.4, 0.5) is 0 Å². The fraction of sp³-hybridized carbons (Fsp3) is 1.00. The SMILES string of the molecule is CCC(CS)CN(C)CCO. The van der Waals surface area contributed by atoms with Gasteiger partial charge >= 0.3 is 0 Å². The molecular formula is C8H19NOS. The van der Waals surface area contributed by atoms with Crippen molar-refractivity contribution in [1.82, 2.24) is 4.90 Å². The molecule has 3 heteroatoms. The minimum atomic E-state index is 0.250. The molecule has 0 amide bonds. The topological polar surface area (TPSA) is 23.5 Å². The van der Waals surface area contributed by atoms with Crippen molar-refractivity contribution in [2.75, 3.05) is 32.5 Å². The number of nitrogens with zero attached hydrogens (tertiary/aromatic N) is 1. The summed E-state index contributed by atoms with van der Waals surface area (Å²) < 4.78 is 0. The van der Waals surface area contributed by atoms with E-state index in [0.29, 0.717) is 5.92 Å². The van der Waals surface area contributed by atoms with Crippen LogP contribution in [0.15, 0.2) is 0 Å². The molecule has 1 unspecified atom stereocenters. The summed E-state index contributed by atoms with van der Waals surface area (Å²) in [5, 5.41) is 8.63. The van der Waals surface area contributed by atoms with E-state index < -0.39 is 0 Å². The zero-order valence-electron chi connectivity index (χ0n) is 7.45. The highest BCUT2D eigenvalue weighted by atomic mass is 32.1. The molecule has 0 aromatic heterocycles. The van der Waals surface area contributed by atoms with Crippen molar-refractivity contribution in [1.29, 1.82) is 0 Å². The molecule has 0 bridgehead atoms. The Morgan fingerprint density at radius 2 is 2.18 bits per heavy atom. The van der Waals surface area contributed by atoms with Crippen LogP contribution < -0.4 is 0 Å². The Morgan fingerprint density at radius 1 is 1.55 bits per heavy atom. The average molecular weight is 177 g/mol. The van der Waals surface area contributed by atoms with Crippen LogP contribution >= 0.6 is 12.6 Å². The Morgan fingerprint density at radius 3 is 2.55 bits per heavy atom. The lowest BCUT2D eigenvalue weighted by atomic mass is 10.1. The Labute approximate surface area is 75.0 Å². The molecule has 2 nitrogen and oxygen atoms in total. The molecule has 0 aliphatic carbocycles. The fourth-order valence-corrected chi connectivity index (χ4v) is 1.39. The van der Waals surface area contributed by atoms with Gasteiger partial charge in [-0.3, -0.25) is 0 Å². The van der Waals surface area contributed by atoms with Gasteiger partial charge in [-0.1, -0.05) is 13.3 Å². The second-order valence-corrected chi connectivity index (χ2v) is 3.31. The summed E-state index contributed by atoms with van der Waals surface area (Å²) in [5.74, 6) is 1.60. The van der Waals surface area contributed by atoms with E-state index in [1.165, 1.54) is 6.42 Å². The minimum Gasteiger partial charge on any atom is -0.395 e. The van der Waals surface area contributed by atoms with Crippen LogP contribution in [0.1, 0.15) is 13.3 Å². The van der Waals surface area contributed by atoms with Crippen LogP contribution in [0, 0.1) is 5.92 Å². The van der Waals surface area contributed by atoms with E-state index in [1.807, 2.05) is 7.05 Å². The standard InChI is InChI=1S/C8H19NOS/c1-3-8(7-11)6-9(2)4-5-10/h8,10-11H,3-7H2,1-2H3. The summed E-state index contributed by atoms with van der Waals surface area (Å²) in [4.78, 5) is 2.14. The highest BCUT2D eigenvalue weighted by Crippen LogP contribution is 2.05. The third-order valence-electron chi connectivity index (χ3n) is 1.89. The van der Waals surface area contributed by atoms with Crippen molar-refractivity contribution in [3.8, 4) is 0 Å². The van der Waals surface area contributed by atoms with Gasteiger partial charge in [0.1, 0.15) is 0 Å². The summed E-state index contributed by atoms with van der Waals surface area (Å²) in [6.07, 6.45) is 1.17. The van der Waals surface area contributed by atoms with Crippen LogP contribution in [0.5, 0.6) is 0 Å². The van der Waals surface area contributed by atoms with E-state index in [0.717, 1.165) is 18.8 Å². The van der Waals surface area contributed by atoms with E-state index in [-0.39, 0.29) is 6.61 Å². The molecule has 0 saturated carbocycles. The molecule has 1 atom stereocenters.